The van der Waals surface area contributed by atoms with Gasteiger partial charge in [0.2, 0.25) is 0 Å². The third-order valence-electron chi connectivity index (χ3n) is 5.60. The van der Waals surface area contributed by atoms with Crippen LogP contribution in [0.15, 0.2) is 5.38 Å². The van der Waals surface area contributed by atoms with Crippen molar-refractivity contribution in [3.8, 4) is 0 Å². The normalized spacial score (nSPS) is 20.9. The molecule has 0 N–H and O–H groups in total. The molecule has 0 amide bonds. The molecule has 2 fully saturated rings. The first kappa shape index (κ1) is 15.7. The molecular formula is C19H25N5S. The number of nitrogens with zero attached hydrogens (tertiary/aromatic N) is 5. The lowest BCUT2D eigenvalue weighted by Crippen LogP contribution is -2.46. The minimum Gasteiger partial charge on any atom is -0.354 e. The predicted octanol–water partition coefficient (Wildman–Crippen LogP) is 2.93. The summed E-state index contributed by atoms with van der Waals surface area (Å²) in [5, 5.41) is 3.36. The van der Waals surface area contributed by atoms with Crippen LogP contribution in [0.2, 0.25) is 0 Å². The van der Waals surface area contributed by atoms with Crippen LogP contribution in [0.4, 0.5) is 5.82 Å². The highest BCUT2D eigenvalue weighted by atomic mass is 32.1. The summed E-state index contributed by atoms with van der Waals surface area (Å²) in [4.78, 5) is 19.6. The molecule has 0 unspecified atom stereocenters. The maximum Gasteiger partial charge on any atom is 0.135 e. The Morgan fingerprint density at radius 2 is 1.92 bits per heavy atom. The van der Waals surface area contributed by atoms with Crippen LogP contribution in [0.1, 0.15) is 53.0 Å². The zero-order chi connectivity index (χ0) is 16.8. The molecule has 132 valence electrons. The second kappa shape index (κ2) is 6.32. The van der Waals surface area contributed by atoms with Crippen molar-refractivity contribution in [2.45, 2.75) is 51.5 Å². The monoisotopic (exact) mass is 355 g/mol. The molecule has 0 aromatic carbocycles. The Balaban J connectivity index is 1.30. The largest absolute Gasteiger partial charge is 0.354 e. The van der Waals surface area contributed by atoms with Gasteiger partial charge in [0.1, 0.15) is 11.6 Å². The van der Waals surface area contributed by atoms with Gasteiger partial charge < -0.3 is 4.90 Å². The Bertz CT molecular complexity index is 774. The number of aryl methyl sites for hydroxylation is 2. The number of piperazine rings is 1. The molecule has 6 heteroatoms. The molecule has 0 spiro atoms. The van der Waals surface area contributed by atoms with Crippen molar-refractivity contribution >= 4 is 17.2 Å². The van der Waals surface area contributed by atoms with Crippen LogP contribution in [0, 0.1) is 6.92 Å². The first-order valence-corrected chi connectivity index (χ1v) is 10.4. The lowest BCUT2D eigenvalue weighted by molar-refractivity contribution is 0.246. The number of rotatable bonds is 4. The molecule has 2 aromatic rings. The van der Waals surface area contributed by atoms with Crippen molar-refractivity contribution < 1.29 is 0 Å². The van der Waals surface area contributed by atoms with Gasteiger partial charge in [-0.25, -0.2) is 15.0 Å². The van der Waals surface area contributed by atoms with Crippen molar-refractivity contribution in [1.29, 1.82) is 0 Å². The Labute approximate surface area is 153 Å². The van der Waals surface area contributed by atoms with Crippen LogP contribution in [-0.2, 0) is 19.4 Å². The van der Waals surface area contributed by atoms with E-state index in [4.69, 9.17) is 9.97 Å². The summed E-state index contributed by atoms with van der Waals surface area (Å²) in [5.74, 6) is 3.02. The van der Waals surface area contributed by atoms with Crippen molar-refractivity contribution in [3.05, 3.63) is 33.2 Å². The lowest BCUT2D eigenvalue weighted by Gasteiger charge is -2.36. The van der Waals surface area contributed by atoms with E-state index in [9.17, 15) is 0 Å². The van der Waals surface area contributed by atoms with E-state index in [2.05, 4.69) is 27.1 Å². The number of fused-ring (bicyclic) bond motifs is 1. The molecule has 25 heavy (non-hydrogen) atoms. The highest BCUT2D eigenvalue weighted by Crippen LogP contribution is 2.40. The van der Waals surface area contributed by atoms with Gasteiger partial charge in [0, 0.05) is 55.3 Å². The molecular weight excluding hydrogens is 330 g/mol. The topological polar surface area (TPSA) is 45.2 Å². The average molecular weight is 356 g/mol. The smallest absolute Gasteiger partial charge is 0.135 e. The van der Waals surface area contributed by atoms with E-state index in [1.54, 1.807) is 11.3 Å². The van der Waals surface area contributed by atoms with Crippen molar-refractivity contribution in [2.75, 3.05) is 31.1 Å². The van der Waals surface area contributed by atoms with Crippen LogP contribution in [0.5, 0.6) is 0 Å². The molecule has 5 rings (SSSR count). The number of aromatic nitrogens is 3. The van der Waals surface area contributed by atoms with E-state index in [-0.39, 0.29) is 0 Å². The van der Waals surface area contributed by atoms with Gasteiger partial charge in [0.25, 0.3) is 0 Å². The first-order valence-electron chi connectivity index (χ1n) is 9.54. The quantitative estimate of drug-likeness (QED) is 0.844. The first-order chi connectivity index (χ1) is 12.3. The van der Waals surface area contributed by atoms with Crippen LogP contribution in [0.25, 0.3) is 0 Å². The summed E-state index contributed by atoms with van der Waals surface area (Å²) in [7, 11) is 0. The fourth-order valence-electron chi connectivity index (χ4n) is 4.04. The SMILES string of the molecule is Cc1nc(CN2CCN(c3nc(C4CC4)nc4c3CCC4)CC2)cs1. The van der Waals surface area contributed by atoms with Gasteiger partial charge in [-0.1, -0.05) is 0 Å². The zero-order valence-electron chi connectivity index (χ0n) is 14.9. The molecule has 0 radical (unpaired) electrons. The van der Waals surface area contributed by atoms with Gasteiger partial charge in [-0.2, -0.15) is 0 Å². The van der Waals surface area contributed by atoms with Gasteiger partial charge in [0.05, 0.1) is 10.7 Å². The van der Waals surface area contributed by atoms with E-state index in [0.29, 0.717) is 5.92 Å². The number of anilines is 1. The summed E-state index contributed by atoms with van der Waals surface area (Å²) in [6.07, 6.45) is 6.11. The third kappa shape index (κ3) is 3.17. The van der Waals surface area contributed by atoms with Gasteiger partial charge in [-0.15, -0.1) is 11.3 Å². The van der Waals surface area contributed by atoms with E-state index < -0.39 is 0 Å². The standard InChI is InChI=1S/C19H25N5S/c1-13-20-15(12-25-13)11-23-7-9-24(10-8-23)19-16-3-2-4-17(16)21-18(22-19)14-5-6-14/h12,14H,2-11H2,1H3. The maximum atomic E-state index is 5.03. The predicted molar refractivity (Wildman–Crippen MR) is 100 cm³/mol. The molecule has 2 aliphatic carbocycles. The minimum absolute atomic E-state index is 0.638. The summed E-state index contributed by atoms with van der Waals surface area (Å²) < 4.78 is 0. The molecule has 0 bridgehead atoms. The molecule has 1 aliphatic heterocycles. The average Bonchev–Trinajstić information content (AvgIpc) is 3.23. The van der Waals surface area contributed by atoms with Crippen molar-refractivity contribution in [2.24, 2.45) is 0 Å². The van der Waals surface area contributed by atoms with E-state index in [1.165, 1.54) is 42.0 Å². The molecule has 5 nitrogen and oxygen atoms in total. The third-order valence-corrected chi connectivity index (χ3v) is 6.42. The Morgan fingerprint density at radius 1 is 1.08 bits per heavy atom. The van der Waals surface area contributed by atoms with Crippen LogP contribution < -0.4 is 4.90 Å². The summed E-state index contributed by atoms with van der Waals surface area (Å²) >= 11 is 1.75. The minimum atomic E-state index is 0.638. The summed E-state index contributed by atoms with van der Waals surface area (Å²) in [5.41, 5.74) is 4.00. The molecule has 1 saturated carbocycles. The molecule has 2 aromatic heterocycles. The zero-order valence-corrected chi connectivity index (χ0v) is 15.7. The Hall–Kier alpha value is -1.53. The Kier molecular flexibility index (Phi) is 3.97. The fraction of sp³-hybridized carbons (Fsp3) is 0.632. The summed E-state index contributed by atoms with van der Waals surface area (Å²) in [6, 6.07) is 0. The second-order valence-corrected chi connectivity index (χ2v) is 8.64. The van der Waals surface area contributed by atoms with Gasteiger partial charge in [-0.05, 0) is 39.0 Å². The Morgan fingerprint density at radius 3 is 2.64 bits per heavy atom. The van der Waals surface area contributed by atoms with Gasteiger partial charge >= 0.3 is 0 Å². The van der Waals surface area contributed by atoms with E-state index in [0.717, 1.165) is 56.4 Å². The lowest BCUT2D eigenvalue weighted by atomic mass is 10.2. The van der Waals surface area contributed by atoms with Gasteiger partial charge in [-0.3, -0.25) is 4.90 Å². The second-order valence-electron chi connectivity index (χ2n) is 7.58. The summed E-state index contributed by atoms with van der Waals surface area (Å²) in [6.45, 7) is 7.38. The van der Waals surface area contributed by atoms with Crippen LogP contribution in [0.3, 0.4) is 0 Å². The van der Waals surface area contributed by atoms with Gasteiger partial charge in [0.15, 0.2) is 0 Å². The molecule has 3 heterocycles. The van der Waals surface area contributed by atoms with Crippen LogP contribution >= 0.6 is 11.3 Å². The molecule has 0 atom stereocenters. The highest BCUT2D eigenvalue weighted by Gasteiger charge is 2.31. The number of thiazole rings is 1. The molecule has 1 saturated heterocycles. The van der Waals surface area contributed by atoms with Crippen molar-refractivity contribution in [1.82, 2.24) is 19.9 Å². The number of hydrogen-bond acceptors (Lipinski definition) is 6. The molecule has 3 aliphatic rings. The van der Waals surface area contributed by atoms with E-state index >= 15 is 0 Å². The van der Waals surface area contributed by atoms with Crippen molar-refractivity contribution in [3.63, 3.8) is 0 Å². The van der Waals surface area contributed by atoms with E-state index in [1.807, 2.05) is 0 Å². The number of hydrogen-bond donors (Lipinski definition) is 0. The highest BCUT2D eigenvalue weighted by molar-refractivity contribution is 7.09. The maximum absolute atomic E-state index is 5.03. The van der Waals surface area contributed by atoms with Crippen LogP contribution in [-0.4, -0.2) is 46.0 Å². The fourth-order valence-corrected chi connectivity index (χ4v) is 4.65.